The van der Waals surface area contributed by atoms with Crippen LogP contribution in [0.5, 0.6) is 0 Å². The SMILES string of the molecule is Cc1cccc(Cn2c([C@H](C)N)nc3ccccc32)c1. The van der Waals surface area contributed by atoms with Crippen LogP contribution in [0.15, 0.2) is 48.5 Å². The monoisotopic (exact) mass is 265 g/mol. The maximum atomic E-state index is 6.08. The summed E-state index contributed by atoms with van der Waals surface area (Å²) in [5, 5.41) is 0. The largest absolute Gasteiger partial charge is 0.322 e. The third-order valence-electron chi connectivity index (χ3n) is 3.51. The topological polar surface area (TPSA) is 43.8 Å². The maximum absolute atomic E-state index is 6.08. The molecule has 0 saturated carbocycles. The molecular formula is C17H19N3. The Morgan fingerprint density at radius 1 is 1.15 bits per heavy atom. The molecule has 3 rings (SSSR count). The highest BCUT2D eigenvalue weighted by Gasteiger charge is 2.13. The fourth-order valence-electron chi connectivity index (χ4n) is 2.60. The van der Waals surface area contributed by atoms with E-state index in [9.17, 15) is 0 Å². The molecule has 2 N–H and O–H groups in total. The van der Waals surface area contributed by atoms with Crippen molar-refractivity contribution in [2.45, 2.75) is 26.4 Å². The summed E-state index contributed by atoms with van der Waals surface area (Å²) in [7, 11) is 0. The molecule has 0 fully saturated rings. The van der Waals surface area contributed by atoms with Gasteiger partial charge in [0.1, 0.15) is 5.82 Å². The summed E-state index contributed by atoms with van der Waals surface area (Å²) < 4.78 is 2.22. The van der Waals surface area contributed by atoms with Gasteiger partial charge in [0.05, 0.1) is 17.1 Å². The van der Waals surface area contributed by atoms with Gasteiger partial charge in [-0.05, 0) is 31.5 Å². The predicted molar refractivity (Wildman–Crippen MR) is 82.6 cm³/mol. The fraction of sp³-hybridized carbons (Fsp3) is 0.235. The van der Waals surface area contributed by atoms with Gasteiger partial charge in [-0.25, -0.2) is 4.98 Å². The van der Waals surface area contributed by atoms with Crippen LogP contribution < -0.4 is 5.73 Å². The highest BCUT2D eigenvalue weighted by molar-refractivity contribution is 5.76. The third kappa shape index (κ3) is 2.32. The summed E-state index contributed by atoms with van der Waals surface area (Å²) in [6.45, 7) is 4.90. The first kappa shape index (κ1) is 12.9. The summed E-state index contributed by atoms with van der Waals surface area (Å²) in [6, 6.07) is 16.7. The average Bonchev–Trinajstić information content (AvgIpc) is 2.78. The Morgan fingerprint density at radius 3 is 2.70 bits per heavy atom. The van der Waals surface area contributed by atoms with E-state index in [1.54, 1.807) is 0 Å². The summed E-state index contributed by atoms with van der Waals surface area (Å²) in [5.74, 6) is 0.938. The van der Waals surface area contributed by atoms with Crippen LogP contribution >= 0.6 is 0 Å². The van der Waals surface area contributed by atoms with E-state index in [-0.39, 0.29) is 6.04 Å². The van der Waals surface area contributed by atoms with Crippen LogP contribution in [0, 0.1) is 6.92 Å². The molecule has 0 unspecified atom stereocenters. The average molecular weight is 265 g/mol. The van der Waals surface area contributed by atoms with E-state index in [1.807, 2.05) is 25.1 Å². The predicted octanol–water partition coefficient (Wildman–Crippen LogP) is 3.41. The van der Waals surface area contributed by atoms with Crippen molar-refractivity contribution in [1.29, 1.82) is 0 Å². The minimum Gasteiger partial charge on any atom is -0.322 e. The molecule has 102 valence electrons. The second-order valence-corrected chi connectivity index (χ2v) is 5.32. The number of imidazole rings is 1. The van der Waals surface area contributed by atoms with Gasteiger partial charge < -0.3 is 10.3 Å². The lowest BCUT2D eigenvalue weighted by Crippen LogP contribution is -2.14. The maximum Gasteiger partial charge on any atom is 0.126 e. The van der Waals surface area contributed by atoms with Gasteiger partial charge in [0.2, 0.25) is 0 Å². The molecule has 3 heteroatoms. The lowest BCUT2D eigenvalue weighted by molar-refractivity contribution is 0.664. The minimum absolute atomic E-state index is 0.0767. The molecule has 1 heterocycles. The van der Waals surface area contributed by atoms with Gasteiger partial charge in [0.15, 0.2) is 0 Å². The number of nitrogens with two attached hydrogens (primary N) is 1. The Morgan fingerprint density at radius 2 is 1.95 bits per heavy atom. The highest BCUT2D eigenvalue weighted by Crippen LogP contribution is 2.21. The molecule has 1 atom stereocenters. The zero-order valence-corrected chi connectivity index (χ0v) is 11.9. The van der Waals surface area contributed by atoms with Crippen LogP contribution in [0.2, 0.25) is 0 Å². The zero-order chi connectivity index (χ0) is 14.1. The van der Waals surface area contributed by atoms with Crippen molar-refractivity contribution in [2.24, 2.45) is 5.73 Å². The van der Waals surface area contributed by atoms with Crippen molar-refractivity contribution >= 4 is 11.0 Å². The molecule has 0 bridgehead atoms. The number of aromatic nitrogens is 2. The van der Waals surface area contributed by atoms with Gasteiger partial charge in [-0.1, -0.05) is 42.0 Å². The molecule has 0 radical (unpaired) electrons. The van der Waals surface area contributed by atoms with Crippen LogP contribution in [0.25, 0.3) is 11.0 Å². The molecule has 2 aromatic carbocycles. The Kier molecular flexibility index (Phi) is 3.28. The molecular weight excluding hydrogens is 246 g/mol. The van der Waals surface area contributed by atoms with Crippen molar-refractivity contribution < 1.29 is 0 Å². The van der Waals surface area contributed by atoms with E-state index in [0.29, 0.717) is 0 Å². The minimum atomic E-state index is -0.0767. The summed E-state index contributed by atoms with van der Waals surface area (Å²) >= 11 is 0. The Hall–Kier alpha value is -2.13. The molecule has 0 aliphatic heterocycles. The molecule has 1 aromatic heterocycles. The van der Waals surface area contributed by atoms with Crippen LogP contribution in [0.1, 0.15) is 29.9 Å². The van der Waals surface area contributed by atoms with Crippen molar-refractivity contribution in [1.82, 2.24) is 9.55 Å². The molecule has 3 aromatic rings. The first-order valence-electron chi connectivity index (χ1n) is 6.91. The van der Waals surface area contributed by atoms with Gasteiger partial charge in [0, 0.05) is 6.54 Å². The van der Waals surface area contributed by atoms with E-state index >= 15 is 0 Å². The molecule has 0 spiro atoms. The lowest BCUT2D eigenvalue weighted by Gasteiger charge is -2.12. The Balaban J connectivity index is 2.11. The van der Waals surface area contributed by atoms with Crippen LogP contribution in [0.3, 0.4) is 0 Å². The second-order valence-electron chi connectivity index (χ2n) is 5.32. The molecule has 0 aliphatic carbocycles. The van der Waals surface area contributed by atoms with E-state index < -0.39 is 0 Å². The second kappa shape index (κ2) is 5.10. The summed E-state index contributed by atoms with van der Waals surface area (Å²) in [4.78, 5) is 4.67. The van der Waals surface area contributed by atoms with E-state index in [4.69, 9.17) is 5.73 Å². The number of rotatable bonds is 3. The Labute approximate surface area is 119 Å². The number of hydrogen-bond acceptors (Lipinski definition) is 2. The van der Waals surface area contributed by atoms with Crippen LogP contribution in [0.4, 0.5) is 0 Å². The van der Waals surface area contributed by atoms with Crippen LogP contribution in [-0.4, -0.2) is 9.55 Å². The third-order valence-corrected chi connectivity index (χ3v) is 3.51. The van der Waals surface area contributed by atoms with Gasteiger partial charge in [-0.15, -0.1) is 0 Å². The zero-order valence-electron chi connectivity index (χ0n) is 11.9. The van der Waals surface area contributed by atoms with Gasteiger partial charge >= 0.3 is 0 Å². The van der Waals surface area contributed by atoms with Gasteiger partial charge in [-0.3, -0.25) is 0 Å². The molecule has 3 nitrogen and oxygen atoms in total. The van der Waals surface area contributed by atoms with Crippen molar-refractivity contribution in [2.75, 3.05) is 0 Å². The quantitative estimate of drug-likeness (QED) is 0.788. The van der Waals surface area contributed by atoms with E-state index in [1.165, 1.54) is 11.1 Å². The van der Waals surface area contributed by atoms with E-state index in [0.717, 1.165) is 23.4 Å². The summed E-state index contributed by atoms with van der Waals surface area (Å²) in [6.07, 6.45) is 0. The first-order chi connectivity index (χ1) is 9.65. The number of nitrogens with zero attached hydrogens (tertiary/aromatic N) is 2. The smallest absolute Gasteiger partial charge is 0.126 e. The number of benzene rings is 2. The lowest BCUT2D eigenvalue weighted by atomic mass is 10.1. The van der Waals surface area contributed by atoms with E-state index in [2.05, 4.69) is 46.8 Å². The first-order valence-corrected chi connectivity index (χ1v) is 6.91. The van der Waals surface area contributed by atoms with Crippen LogP contribution in [-0.2, 0) is 6.54 Å². The number of fused-ring (bicyclic) bond motifs is 1. The number of hydrogen-bond donors (Lipinski definition) is 1. The summed E-state index contributed by atoms with van der Waals surface area (Å²) in [5.41, 5.74) is 10.8. The van der Waals surface area contributed by atoms with Gasteiger partial charge in [0.25, 0.3) is 0 Å². The number of aryl methyl sites for hydroxylation is 1. The molecule has 0 amide bonds. The van der Waals surface area contributed by atoms with Crippen molar-refractivity contribution in [3.8, 4) is 0 Å². The fourth-order valence-corrected chi connectivity index (χ4v) is 2.60. The standard InChI is InChI=1S/C17H19N3/c1-12-6-5-7-14(10-12)11-20-16-9-4-3-8-15(16)19-17(20)13(2)18/h3-10,13H,11,18H2,1-2H3/t13-/m0/s1. The van der Waals surface area contributed by atoms with Crippen molar-refractivity contribution in [3.05, 3.63) is 65.5 Å². The van der Waals surface area contributed by atoms with Gasteiger partial charge in [-0.2, -0.15) is 0 Å². The molecule has 0 aliphatic rings. The van der Waals surface area contributed by atoms with Crippen molar-refractivity contribution in [3.63, 3.8) is 0 Å². The normalized spacial score (nSPS) is 12.8. The molecule has 20 heavy (non-hydrogen) atoms. The Bertz CT molecular complexity index is 741. The highest BCUT2D eigenvalue weighted by atomic mass is 15.1. The number of para-hydroxylation sites is 2. The molecule has 0 saturated heterocycles.